The predicted octanol–water partition coefficient (Wildman–Crippen LogP) is 5.28. The summed E-state index contributed by atoms with van der Waals surface area (Å²) in [5, 5.41) is 23.0. The van der Waals surface area contributed by atoms with Crippen LogP contribution < -0.4 is 0 Å². The van der Waals surface area contributed by atoms with Crippen molar-refractivity contribution in [3.8, 4) is 11.5 Å². The number of phenolic OH excluding ortho intramolecular Hbond substituents is 2. The molecule has 0 aliphatic heterocycles. The van der Waals surface area contributed by atoms with Crippen LogP contribution in [-0.4, -0.2) is 16.0 Å². The maximum absolute atomic E-state index is 13.0. The molecule has 3 heteroatoms. The number of fused-ring (bicyclic) bond motifs is 3. The Kier molecular flexibility index (Phi) is 3.53. The van der Waals surface area contributed by atoms with E-state index in [0.717, 1.165) is 16.7 Å². The van der Waals surface area contributed by atoms with Crippen LogP contribution in [0.25, 0.3) is 10.8 Å². The summed E-state index contributed by atoms with van der Waals surface area (Å²) >= 11 is 0. The third-order valence-electron chi connectivity index (χ3n) is 5.61. The molecular formula is C25H18O3. The van der Waals surface area contributed by atoms with E-state index >= 15 is 0 Å². The Hall–Kier alpha value is -3.59. The van der Waals surface area contributed by atoms with Gasteiger partial charge in [0, 0.05) is 33.4 Å². The Bertz CT molecular complexity index is 1270. The van der Waals surface area contributed by atoms with Gasteiger partial charge in [0.15, 0.2) is 5.78 Å². The van der Waals surface area contributed by atoms with Gasteiger partial charge < -0.3 is 10.2 Å². The summed E-state index contributed by atoms with van der Waals surface area (Å²) in [6, 6.07) is 22.2. The van der Waals surface area contributed by atoms with Crippen LogP contribution in [0, 0.1) is 6.92 Å². The minimum atomic E-state index is -0.334. The molecule has 0 spiro atoms. The molecular weight excluding hydrogens is 348 g/mol. The molecule has 28 heavy (non-hydrogen) atoms. The number of carbonyl (C=O) groups is 1. The van der Waals surface area contributed by atoms with Crippen LogP contribution >= 0.6 is 0 Å². The van der Waals surface area contributed by atoms with E-state index in [1.807, 2.05) is 61.5 Å². The van der Waals surface area contributed by atoms with E-state index in [4.69, 9.17) is 0 Å². The molecule has 4 aromatic carbocycles. The van der Waals surface area contributed by atoms with E-state index in [0.29, 0.717) is 27.5 Å². The van der Waals surface area contributed by atoms with Gasteiger partial charge in [0.25, 0.3) is 0 Å². The van der Waals surface area contributed by atoms with Gasteiger partial charge in [-0.3, -0.25) is 4.79 Å². The summed E-state index contributed by atoms with van der Waals surface area (Å²) in [4.78, 5) is 13.0. The van der Waals surface area contributed by atoms with Crippen molar-refractivity contribution < 1.29 is 15.0 Å². The van der Waals surface area contributed by atoms with Crippen molar-refractivity contribution in [2.24, 2.45) is 0 Å². The zero-order valence-corrected chi connectivity index (χ0v) is 15.3. The second kappa shape index (κ2) is 5.96. The fourth-order valence-corrected chi connectivity index (χ4v) is 4.31. The largest absolute Gasteiger partial charge is 0.507 e. The molecule has 0 heterocycles. The zero-order chi connectivity index (χ0) is 19.4. The zero-order valence-electron chi connectivity index (χ0n) is 15.3. The minimum Gasteiger partial charge on any atom is -0.507 e. The number of carbonyl (C=O) groups excluding carboxylic acids is 1. The van der Waals surface area contributed by atoms with Crippen molar-refractivity contribution in [3.05, 3.63) is 106 Å². The molecule has 3 nitrogen and oxygen atoms in total. The smallest absolute Gasteiger partial charge is 0.193 e. The summed E-state index contributed by atoms with van der Waals surface area (Å²) in [5.74, 6) is -0.0901. The average Bonchev–Trinajstić information content (AvgIpc) is 2.71. The maximum atomic E-state index is 13.0. The van der Waals surface area contributed by atoms with Gasteiger partial charge in [-0.05, 0) is 24.1 Å². The summed E-state index contributed by atoms with van der Waals surface area (Å²) < 4.78 is 0. The lowest BCUT2D eigenvalue weighted by atomic mass is 9.73. The standard InChI is InChI=1S/C25H18O3/c1-14-10-11-19-20(12-14)23(16-7-3-5-9-18(16)24(19)27)21-13-22(26)15-6-2-4-8-17(15)25(21)28/h2-13,23,26,28H,1H3. The highest BCUT2D eigenvalue weighted by Crippen LogP contribution is 2.47. The number of hydrogen-bond acceptors (Lipinski definition) is 3. The Morgan fingerprint density at radius 3 is 2.21 bits per heavy atom. The van der Waals surface area contributed by atoms with Crippen molar-refractivity contribution >= 4 is 16.6 Å². The highest BCUT2D eigenvalue weighted by molar-refractivity contribution is 6.13. The SMILES string of the molecule is Cc1ccc2c(c1)C(c1cc(O)c3ccccc3c1O)c1ccccc1C2=O. The Balaban J connectivity index is 1.88. The molecule has 5 rings (SSSR count). The van der Waals surface area contributed by atoms with Crippen LogP contribution in [0.1, 0.15) is 44.1 Å². The first kappa shape index (κ1) is 16.6. The number of phenols is 2. The number of ketones is 1. The lowest BCUT2D eigenvalue weighted by Crippen LogP contribution is -2.20. The topological polar surface area (TPSA) is 57.5 Å². The highest BCUT2D eigenvalue weighted by Gasteiger charge is 2.34. The molecule has 1 unspecified atom stereocenters. The van der Waals surface area contributed by atoms with Gasteiger partial charge in [0.2, 0.25) is 0 Å². The number of rotatable bonds is 1. The second-order valence-corrected chi connectivity index (χ2v) is 7.32. The third kappa shape index (κ3) is 2.26. The van der Waals surface area contributed by atoms with Gasteiger partial charge >= 0.3 is 0 Å². The van der Waals surface area contributed by atoms with Crippen LogP contribution in [0.3, 0.4) is 0 Å². The maximum Gasteiger partial charge on any atom is 0.193 e. The van der Waals surface area contributed by atoms with Crippen molar-refractivity contribution in [2.75, 3.05) is 0 Å². The van der Waals surface area contributed by atoms with Gasteiger partial charge in [-0.25, -0.2) is 0 Å². The molecule has 1 aliphatic rings. The predicted molar refractivity (Wildman–Crippen MR) is 109 cm³/mol. The molecule has 0 aromatic heterocycles. The molecule has 136 valence electrons. The number of aromatic hydroxyl groups is 2. The molecule has 0 amide bonds. The molecule has 1 atom stereocenters. The molecule has 0 saturated carbocycles. The van der Waals surface area contributed by atoms with Crippen molar-refractivity contribution in [3.63, 3.8) is 0 Å². The van der Waals surface area contributed by atoms with E-state index in [2.05, 4.69) is 0 Å². The molecule has 1 aliphatic carbocycles. The Labute approximate surface area is 162 Å². The van der Waals surface area contributed by atoms with Gasteiger partial charge in [0.1, 0.15) is 11.5 Å². The van der Waals surface area contributed by atoms with Gasteiger partial charge in [-0.15, -0.1) is 0 Å². The van der Waals surface area contributed by atoms with Crippen LogP contribution in [0.15, 0.2) is 72.8 Å². The van der Waals surface area contributed by atoms with E-state index in [9.17, 15) is 15.0 Å². The monoisotopic (exact) mass is 366 g/mol. The fourth-order valence-electron chi connectivity index (χ4n) is 4.31. The Morgan fingerprint density at radius 1 is 0.714 bits per heavy atom. The number of aryl methyl sites for hydroxylation is 1. The second-order valence-electron chi connectivity index (χ2n) is 7.32. The lowest BCUT2D eigenvalue weighted by molar-refractivity contribution is 0.103. The first-order valence-corrected chi connectivity index (χ1v) is 9.24. The molecule has 4 aromatic rings. The van der Waals surface area contributed by atoms with Crippen LogP contribution in [0.4, 0.5) is 0 Å². The van der Waals surface area contributed by atoms with Gasteiger partial charge in [-0.1, -0.05) is 72.3 Å². The third-order valence-corrected chi connectivity index (χ3v) is 5.61. The first-order chi connectivity index (χ1) is 13.6. The van der Waals surface area contributed by atoms with Crippen molar-refractivity contribution in [1.29, 1.82) is 0 Å². The highest BCUT2D eigenvalue weighted by atomic mass is 16.3. The first-order valence-electron chi connectivity index (χ1n) is 9.24. The number of benzene rings is 4. The average molecular weight is 366 g/mol. The quantitative estimate of drug-likeness (QED) is 0.397. The molecule has 0 saturated heterocycles. The van der Waals surface area contributed by atoms with Crippen molar-refractivity contribution in [1.82, 2.24) is 0 Å². The Morgan fingerprint density at radius 2 is 1.39 bits per heavy atom. The normalized spacial score (nSPS) is 15.3. The lowest BCUT2D eigenvalue weighted by Gasteiger charge is -2.29. The summed E-state index contributed by atoms with van der Waals surface area (Å²) in [7, 11) is 0. The van der Waals surface area contributed by atoms with E-state index in [1.54, 1.807) is 18.2 Å². The van der Waals surface area contributed by atoms with E-state index < -0.39 is 0 Å². The summed E-state index contributed by atoms with van der Waals surface area (Å²) in [6.45, 7) is 1.99. The van der Waals surface area contributed by atoms with Crippen molar-refractivity contribution in [2.45, 2.75) is 12.8 Å². The summed E-state index contributed by atoms with van der Waals surface area (Å²) in [6.07, 6.45) is 0. The van der Waals surface area contributed by atoms with Crippen LogP contribution in [0.5, 0.6) is 11.5 Å². The fraction of sp³-hybridized carbons (Fsp3) is 0.0800. The summed E-state index contributed by atoms with van der Waals surface area (Å²) in [5.41, 5.74) is 4.62. The van der Waals surface area contributed by atoms with Crippen LogP contribution in [0.2, 0.25) is 0 Å². The van der Waals surface area contributed by atoms with Gasteiger partial charge in [-0.2, -0.15) is 0 Å². The molecule has 0 radical (unpaired) electrons. The van der Waals surface area contributed by atoms with E-state index in [-0.39, 0.29) is 23.2 Å². The molecule has 0 bridgehead atoms. The minimum absolute atomic E-state index is 0.00801. The number of hydrogen-bond donors (Lipinski definition) is 2. The van der Waals surface area contributed by atoms with Crippen LogP contribution in [-0.2, 0) is 0 Å². The molecule has 0 fully saturated rings. The van der Waals surface area contributed by atoms with Gasteiger partial charge in [0.05, 0.1) is 0 Å². The molecule has 2 N–H and O–H groups in total. The van der Waals surface area contributed by atoms with E-state index in [1.165, 1.54) is 0 Å².